The van der Waals surface area contributed by atoms with Crippen LogP contribution in [0.25, 0.3) is 0 Å². The molecular formula is C19H19F2NO2. The first-order chi connectivity index (χ1) is 11.6. The van der Waals surface area contributed by atoms with E-state index in [1.165, 1.54) is 12.1 Å². The highest BCUT2D eigenvalue weighted by Crippen LogP contribution is 2.27. The van der Waals surface area contributed by atoms with Crippen molar-refractivity contribution in [2.45, 2.75) is 12.3 Å². The van der Waals surface area contributed by atoms with Crippen molar-refractivity contribution < 1.29 is 18.3 Å². The molecule has 1 fully saturated rings. The normalized spacial score (nSPS) is 15.3. The average molecular weight is 331 g/mol. The van der Waals surface area contributed by atoms with E-state index in [9.17, 15) is 13.6 Å². The summed E-state index contributed by atoms with van der Waals surface area (Å²) in [5, 5.41) is 0. The van der Waals surface area contributed by atoms with Crippen LogP contribution in [0.4, 0.5) is 14.5 Å². The third-order valence-corrected chi connectivity index (χ3v) is 4.08. The molecule has 2 aromatic carbocycles. The Balaban J connectivity index is 1.76. The molecule has 1 aliphatic heterocycles. The number of ether oxygens (including phenoxy) is 1. The summed E-state index contributed by atoms with van der Waals surface area (Å²) in [5.41, 5.74) is 1.37. The fraction of sp³-hybridized carbons (Fsp3) is 0.316. The van der Waals surface area contributed by atoms with Crippen molar-refractivity contribution >= 4 is 11.5 Å². The first-order valence-corrected chi connectivity index (χ1v) is 7.95. The van der Waals surface area contributed by atoms with Crippen LogP contribution in [-0.4, -0.2) is 38.0 Å². The van der Waals surface area contributed by atoms with Gasteiger partial charge in [-0.05, 0) is 17.7 Å². The predicted molar refractivity (Wildman–Crippen MR) is 88.9 cm³/mol. The molecule has 0 aromatic heterocycles. The lowest BCUT2D eigenvalue weighted by Crippen LogP contribution is -2.36. The Morgan fingerprint density at radius 1 is 1.04 bits per heavy atom. The van der Waals surface area contributed by atoms with Crippen LogP contribution in [0.2, 0.25) is 0 Å². The number of carbonyl (C=O) groups is 1. The summed E-state index contributed by atoms with van der Waals surface area (Å²) in [7, 11) is 0. The molecule has 0 unspecified atom stereocenters. The van der Waals surface area contributed by atoms with Crippen molar-refractivity contribution in [2.75, 3.05) is 31.2 Å². The largest absolute Gasteiger partial charge is 0.378 e. The first kappa shape index (κ1) is 16.6. The number of alkyl halides is 2. The summed E-state index contributed by atoms with van der Waals surface area (Å²) in [4.78, 5) is 14.2. The molecule has 1 aliphatic rings. The maximum atomic E-state index is 14.4. The summed E-state index contributed by atoms with van der Waals surface area (Å²) >= 11 is 0. The predicted octanol–water partition coefficient (Wildman–Crippen LogP) is 3.58. The number of rotatable bonds is 5. The van der Waals surface area contributed by atoms with Crippen LogP contribution in [0, 0.1) is 0 Å². The number of morpholine rings is 1. The Kier molecular flexibility index (Phi) is 4.90. The summed E-state index contributed by atoms with van der Waals surface area (Å²) in [6.45, 7) is 2.74. The summed E-state index contributed by atoms with van der Waals surface area (Å²) in [6.07, 6.45) is -0.598. The molecule has 0 radical (unpaired) electrons. The van der Waals surface area contributed by atoms with E-state index in [1.807, 2.05) is 6.07 Å². The van der Waals surface area contributed by atoms with E-state index in [0.29, 0.717) is 18.8 Å². The molecule has 0 atom stereocenters. The molecule has 5 heteroatoms. The molecule has 3 rings (SSSR count). The highest BCUT2D eigenvalue weighted by Gasteiger charge is 2.39. The van der Waals surface area contributed by atoms with Gasteiger partial charge in [0, 0.05) is 30.8 Å². The number of carbonyl (C=O) groups excluding carboxylic acids is 1. The molecule has 0 saturated carbocycles. The maximum Gasteiger partial charge on any atom is 0.313 e. The molecule has 0 bridgehead atoms. The third-order valence-electron chi connectivity index (χ3n) is 4.08. The van der Waals surface area contributed by atoms with E-state index in [2.05, 4.69) is 4.90 Å². The van der Waals surface area contributed by atoms with E-state index in [-0.39, 0.29) is 5.56 Å². The minimum absolute atomic E-state index is 0.0341. The van der Waals surface area contributed by atoms with Crippen LogP contribution in [-0.2, 0) is 11.2 Å². The number of nitrogens with zero attached hydrogens (tertiary/aromatic N) is 1. The second-order valence-electron chi connectivity index (χ2n) is 5.85. The molecule has 1 saturated heterocycles. The van der Waals surface area contributed by atoms with Crippen LogP contribution >= 0.6 is 0 Å². The van der Waals surface area contributed by atoms with Crippen molar-refractivity contribution in [3.63, 3.8) is 0 Å². The highest BCUT2D eigenvalue weighted by molar-refractivity contribution is 6.01. The number of Topliss-reactive ketones (excluding diaryl/α,β-unsaturated/α-hetero) is 1. The zero-order chi connectivity index (χ0) is 17.0. The smallest absolute Gasteiger partial charge is 0.313 e. The lowest BCUT2D eigenvalue weighted by molar-refractivity contribution is 0.0106. The summed E-state index contributed by atoms with van der Waals surface area (Å²) in [6, 6.07) is 14.7. The SMILES string of the molecule is O=C(c1ccccc1)C(F)(F)Cc1cccc(N2CCOCC2)c1. The number of anilines is 1. The van der Waals surface area contributed by atoms with Gasteiger partial charge in [-0.2, -0.15) is 8.78 Å². The van der Waals surface area contributed by atoms with Crippen molar-refractivity contribution in [2.24, 2.45) is 0 Å². The van der Waals surface area contributed by atoms with Crippen LogP contribution in [0.15, 0.2) is 54.6 Å². The van der Waals surface area contributed by atoms with E-state index in [1.54, 1.807) is 36.4 Å². The van der Waals surface area contributed by atoms with Gasteiger partial charge in [-0.25, -0.2) is 0 Å². The third kappa shape index (κ3) is 3.79. The molecule has 3 nitrogen and oxygen atoms in total. The standard InChI is InChI=1S/C19H19F2NO2/c20-19(21,18(23)16-6-2-1-3-7-16)14-15-5-4-8-17(13-15)22-9-11-24-12-10-22/h1-8,13H,9-12,14H2. The highest BCUT2D eigenvalue weighted by atomic mass is 19.3. The Morgan fingerprint density at radius 3 is 2.46 bits per heavy atom. The number of hydrogen-bond donors (Lipinski definition) is 0. The van der Waals surface area contributed by atoms with Gasteiger partial charge in [0.15, 0.2) is 0 Å². The Bertz CT molecular complexity index is 698. The van der Waals surface area contributed by atoms with Gasteiger partial charge in [0.25, 0.3) is 0 Å². The topological polar surface area (TPSA) is 29.5 Å². The maximum absolute atomic E-state index is 14.4. The molecule has 1 heterocycles. The molecular weight excluding hydrogens is 312 g/mol. The summed E-state index contributed by atoms with van der Waals surface area (Å²) < 4.78 is 34.1. The van der Waals surface area contributed by atoms with Gasteiger partial charge in [-0.3, -0.25) is 4.79 Å². The van der Waals surface area contributed by atoms with Gasteiger partial charge in [-0.15, -0.1) is 0 Å². The second-order valence-corrected chi connectivity index (χ2v) is 5.85. The van der Waals surface area contributed by atoms with Crippen LogP contribution in [0.5, 0.6) is 0 Å². The Morgan fingerprint density at radius 2 is 1.75 bits per heavy atom. The van der Waals surface area contributed by atoms with Gasteiger partial charge < -0.3 is 9.64 Å². The lowest BCUT2D eigenvalue weighted by Gasteiger charge is -2.29. The minimum atomic E-state index is -3.43. The van der Waals surface area contributed by atoms with Gasteiger partial charge >= 0.3 is 5.92 Å². The van der Waals surface area contributed by atoms with Gasteiger partial charge in [0.2, 0.25) is 5.78 Å². The van der Waals surface area contributed by atoms with Gasteiger partial charge in [-0.1, -0.05) is 42.5 Å². The molecule has 0 spiro atoms. The zero-order valence-electron chi connectivity index (χ0n) is 13.3. The quantitative estimate of drug-likeness (QED) is 0.784. The monoisotopic (exact) mass is 331 g/mol. The molecule has 126 valence electrons. The van der Waals surface area contributed by atoms with Gasteiger partial charge in [0.05, 0.1) is 13.2 Å². The summed E-state index contributed by atoms with van der Waals surface area (Å²) in [5.74, 6) is -4.56. The van der Waals surface area contributed by atoms with Crippen LogP contribution in [0.3, 0.4) is 0 Å². The molecule has 0 N–H and O–H groups in total. The second kappa shape index (κ2) is 7.09. The van der Waals surface area contributed by atoms with Crippen molar-refractivity contribution in [3.05, 3.63) is 65.7 Å². The fourth-order valence-electron chi connectivity index (χ4n) is 2.82. The van der Waals surface area contributed by atoms with E-state index in [0.717, 1.165) is 18.8 Å². The Labute approximate surface area is 139 Å². The van der Waals surface area contributed by atoms with E-state index >= 15 is 0 Å². The minimum Gasteiger partial charge on any atom is -0.378 e. The van der Waals surface area contributed by atoms with Crippen molar-refractivity contribution in [3.8, 4) is 0 Å². The number of benzene rings is 2. The number of halogens is 2. The first-order valence-electron chi connectivity index (χ1n) is 7.95. The van der Waals surface area contributed by atoms with Crippen LogP contribution in [0.1, 0.15) is 15.9 Å². The molecule has 0 amide bonds. The van der Waals surface area contributed by atoms with Crippen molar-refractivity contribution in [1.29, 1.82) is 0 Å². The number of hydrogen-bond acceptors (Lipinski definition) is 3. The molecule has 24 heavy (non-hydrogen) atoms. The molecule has 0 aliphatic carbocycles. The van der Waals surface area contributed by atoms with Crippen molar-refractivity contribution in [1.82, 2.24) is 0 Å². The lowest BCUT2D eigenvalue weighted by atomic mass is 9.98. The number of ketones is 1. The molecule has 2 aromatic rings. The zero-order valence-corrected chi connectivity index (χ0v) is 13.3. The van der Waals surface area contributed by atoms with Gasteiger partial charge in [0.1, 0.15) is 0 Å². The van der Waals surface area contributed by atoms with E-state index in [4.69, 9.17) is 4.74 Å². The Hall–Kier alpha value is -2.27. The fourth-order valence-corrected chi connectivity index (χ4v) is 2.82. The average Bonchev–Trinajstić information content (AvgIpc) is 2.62. The van der Waals surface area contributed by atoms with Crippen LogP contribution < -0.4 is 4.90 Å². The van der Waals surface area contributed by atoms with E-state index < -0.39 is 18.1 Å².